The van der Waals surface area contributed by atoms with Crippen molar-refractivity contribution in [2.24, 2.45) is 5.41 Å². The molecular formula is C11H14ClNO4. The highest BCUT2D eigenvalue weighted by Gasteiger charge is 2.33. The maximum absolute atomic E-state index is 11.7. The maximum Gasteiger partial charge on any atom is 0.326 e. The number of aliphatic carboxylic acids is 1. The molecule has 6 heteroatoms. The third kappa shape index (κ3) is 3.49. The van der Waals surface area contributed by atoms with Gasteiger partial charge >= 0.3 is 5.97 Å². The Kier molecular flexibility index (Phi) is 3.83. The predicted molar refractivity (Wildman–Crippen MR) is 62.1 cm³/mol. The van der Waals surface area contributed by atoms with Crippen LogP contribution in [0.5, 0.6) is 0 Å². The second-order valence-electron chi connectivity index (χ2n) is 4.71. The first kappa shape index (κ1) is 13.6. The first-order valence-corrected chi connectivity index (χ1v) is 5.38. The topological polar surface area (TPSA) is 79.5 Å². The number of halogens is 1. The summed E-state index contributed by atoms with van der Waals surface area (Å²) in [6, 6.07) is 1.81. The van der Waals surface area contributed by atoms with E-state index in [1.165, 1.54) is 12.1 Å². The Morgan fingerprint density at radius 2 is 2.00 bits per heavy atom. The molecule has 1 amide bonds. The largest absolute Gasteiger partial charge is 0.480 e. The summed E-state index contributed by atoms with van der Waals surface area (Å²) in [5.41, 5.74) is -0.599. The van der Waals surface area contributed by atoms with Crippen molar-refractivity contribution in [3.8, 4) is 0 Å². The van der Waals surface area contributed by atoms with E-state index < -0.39 is 23.3 Å². The minimum atomic E-state index is -1.09. The fourth-order valence-electron chi connectivity index (χ4n) is 1.29. The average molecular weight is 260 g/mol. The summed E-state index contributed by atoms with van der Waals surface area (Å²) in [4.78, 5) is 22.7. The van der Waals surface area contributed by atoms with Gasteiger partial charge in [0.2, 0.25) is 0 Å². The summed E-state index contributed by atoms with van der Waals surface area (Å²) in [5, 5.41) is 11.5. The molecular weight excluding hydrogens is 246 g/mol. The first-order valence-electron chi connectivity index (χ1n) is 5.01. The van der Waals surface area contributed by atoms with E-state index in [9.17, 15) is 9.59 Å². The van der Waals surface area contributed by atoms with Crippen LogP contribution in [0.2, 0.25) is 5.22 Å². The lowest BCUT2D eigenvalue weighted by molar-refractivity contribution is -0.142. The molecule has 0 saturated carbocycles. The molecule has 0 bridgehead atoms. The van der Waals surface area contributed by atoms with Crippen molar-refractivity contribution < 1.29 is 19.1 Å². The molecule has 1 heterocycles. The molecule has 1 aromatic rings. The van der Waals surface area contributed by atoms with E-state index in [-0.39, 0.29) is 11.0 Å². The number of carbonyl (C=O) groups excluding carboxylic acids is 1. The highest BCUT2D eigenvalue weighted by atomic mass is 35.5. The third-order valence-corrected chi connectivity index (χ3v) is 2.39. The number of amides is 1. The SMILES string of the molecule is CC(C)(C)[C@H](NC(=O)c1ccc(Cl)o1)C(=O)O. The van der Waals surface area contributed by atoms with E-state index in [1.54, 1.807) is 20.8 Å². The molecule has 0 unspecified atom stereocenters. The summed E-state index contributed by atoms with van der Waals surface area (Å²) < 4.78 is 4.90. The van der Waals surface area contributed by atoms with Crippen molar-refractivity contribution in [2.45, 2.75) is 26.8 Å². The number of nitrogens with one attached hydrogen (secondary N) is 1. The summed E-state index contributed by atoms with van der Waals surface area (Å²) in [5.74, 6) is -1.70. The molecule has 17 heavy (non-hydrogen) atoms. The highest BCUT2D eigenvalue weighted by molar-refractivity contribution is 6.29. The molecule has 0 aliphatic carbocycles. The molecule has 1 atom stereocenters. The van der Waals surface area contributed by atoms with Gasteiger partial charge in [0.1, 0.15) is 6.04 Å². The molecule has 5 nitrogen and oxygen atoms in total. The summed E-state index contributed by atoms with van der Waals surface area (Å²) in [6.45, 7) is 5.17. The molecule has 1 rings (SSSR count). The van der Waals surface area contributed by atoms with Crippen molar-refractivity contribution in [1.82, 2.24) is 5.32 Å². The molecule has 0 radical (unpaired) electrons. The second kappa shape index (κ2) is 4.79. The van der Waals surface area contributed by atoms with Crippen LogP contribution in [0.4, 0.5) is 0 Å². The highest BCUT2D eigenvalue weighted by Crippen LogP contribution is 2.20. The molecule has 0 aromatic carbocycles. The number of carboxylic acids is 1. The molecule has 0 fully saturated rings. The third-order valence-electron chi connectivity index (χ3n) is 2.19. The van der Waals surface area contributed by atoms with Gasteiger partial charge in [0.15, 0.2) is 11.0 Å². The van der Waals surface area contributed by atoms with Crippen molar-refractivity contribution in [2.75, 3.05) is 0 Å². The van der Waals surface area contributed by atoms with Gasteiger partial charge in [0.05, 0.1) is 0 Å². The fraction of sp³-hybridized carbons (Fsp3) is 0.455. The average Bonchev–Trinajstić information content (AvgIpc) is 2.58. The Morgan fingerprint density at radius 3 is 2.35 bits per heavy atom. The van der Waals surface area contributed by atoms with E-state index in [0.29, 0.717) is 0 Å². The maximum atomic E-state index is 11.7. The lowest BCUT2D eigenvalue weighted by atomic mass is 9.87. The number of hydrogen-bond acceptors (Lipinski definition) is 3. The van der Waals surface area contributed by atoms with Gasteiger partial charge < -0.3 is 14.8 Å². The minimum Gasteiger partial charge on any atom is -0.480 e. The van der Waals surface area contributed by atoms with Gasteiger partial charge in [-0.2, -0.15) is 0 Å². The van der Waals surface area contributed by atoms with E-state index in [0.717, 1.165) is 0 Å². The Hall–Kier alpha value is -1.49. The number of hydrogen-bond donors (Lipinski definition) is 2. The van der Waals surface area contributed by atoms with Crippen LogP contribution >= 0.6 is 11.6 Å². The van der Waals surface area contributed by atoms with E-state index in [1.807, 2.05) is 0 Å². The van der Waals surface area contributed by atoms with Crippen LogP contribution < -0.4 is 5.32 Å². The van der Waals surface area contributed by atoms with Gasteiger partial charge in [-0.3, -0.25) is 4.79 Å². The zero-order valence-electron chi connectivity index (χ0n) is 9.78. The molecule has 1 aromatic heterocycles. The van der Waals surface area contributed by atoms with E-state index >= 15 is 0 Å². The normalized spacial score (nSPS) is 13.2. The Labute approximate surface area is 104 Å². The summed E-state index contributed by atoms with van der Waals surface area (Å²) in [7, 11) is 0. The van der Waals surface area contributed by atoms with E-state index in [4.69, 9.17) is 21.1 Å². The summed E-state index contributed by atoms with van der Waals surface area (Å²) >= 11 is 5.53. The van der Waals surface area contributed by atoms with Crippen LogP contribution in [0.25, 0.3) is 0 Å². The van der Waals surface area contributed by atoms with Crippen LogP contribution in [0.3, 0.4) is 0 Å². The van der Waals surface area contributed by atoms with Gasteiger partial charge in [-0.1, -0.05) is 20.8 Å². The Morgan fingerprint density at radius 1 is 1.41 bits per heavy atom. The van der Waals surface area contributed by atoms with Crippen molar-refractivity contribution in [1.29, 1.82) is 0 Å². The Bertz CT molecular complexity index is 433. The van der Waals surface area contributed by atoms with Crippen LogP contribution in [-0.4, -0.2) is 23.0 Å². The standard InChI is InChI=1S/C11H14ClNO4/c1-11(2,3)8(10(15)16)13-9(14)6-4-5-7(12)17-6/h4-5,8H,1-3H3,(H,13,14)(H,15,16)/t8-/m1/s1. The smallest absolute Gasteiger partial charge is 0.326 e. The zero-order chi connectivity index (χ0) is 13.2. The monoisotopic (exact) mass is 259 g/mol. The van der Waals surface area contributed by atoms with Gasteiger partial charge in [0, 0.05) is 0 Å². The molecule has 0 spiro atoms. The van der Waals surface area contributed by atoms with Crippen LogP contribution in [0, 0.1) is 5.41 Å². The molecule has 0 aliphatic heterocycles. The van der Waals surface area contributed by atoms with Crippen molar-refractivity contribution >= 4 is 23.5 Å². The number of carbonyl (C=O) groups is 2. The van der Waals surface area contributed by atoms with Crippen molar-refractivity contribution in [3.63, 3.8) is 0 Å². The van der Waals surface area contributed by atoms with Crippen molar-refractivity contribution in [3.05, 3.63) is 23.1 Å². The van der Waals surface area contributed by atoms with Crippen LogP contribution in [-0.2, 0) is 4.79 Å². The predicted octanol–water partition coefficient (Wildman–Crippen LogP) is 2.16. The van der Waals surface area contributed by atoms with Gasteiger partial charge in [-0.25, -0.2) is 4.79 Å². The molecule has 94 valence electrons. The van der Waals surface area contributed by atoms with Crippen LogP contribution in [0.15, 0.2) is 16.5 Å². The zero-order valence-corrected chi connectivity index (χ0v) is 10.5. The van der Waals surface area contributed by atoms with Crippen LogP contribution in [0.1, 0.15) is 31.3 Å². The fourth-order valence-corrected chi connectivity index (χ4v) is 1.43. The number of furan rings is 1. The Balaban J connectivity index is 2.82. The summed E-state index contributed by atoms with van der Waals surface area (Å²) in [6.07, 6.45) is 0. The van der Waals surface area contributed by atoms with Gasteiger partial charge in [-0.05, 0) is 29.1 Å². The van der Waals surface area contributed by atoms with E-state index in [2.05, 4.69) is 5.32 Å². The molecule has 2 N–H and O–H groups in total. The van der Waals surface area contributed by atoms with Gasteiger partial charge in [0.25, 0.3) is 5.91 Å². The number of rotatable bonds is 3. The lowest BCUT2D eigenvalue weighted by Gasteiger charge is -2.27. The molecule has 0 saturated heterocycles. The quantitative estimate of drug-likeness (QED) is 0.872. The second-order valence-corrected chi connectivity index (χ2v) is 5.09. The molecule has 0 aliphatic rings. The minimum absolute atomic E-state index is 0.00880. The van der Waals surface area contributed by atoms with Gasteiger partial charge in [-0.15, -0.1) is 0 Å². The first-order chi connectivity index (χ1) is 7.71. The lowest BCUT2D eigenvalue weighted by Crippen LogP contribution is -2.49. The number of carboxylic acid groups (broad SMARTS) is 1.